The van der Waals surface area contributed by atoms with Crippen molar-refractivity contribution in [2.45, 2.75) is 37.8 Å². The number of nitrogens with zero attached hydrogens (tertiary/aromatic N) is 1. The summed E-state index contributed by atoms with van der Waals surface area (Å²) in [6.45, 7) is 0.358. The van der Waals surface area contributed by atoms with Gasteiger partial charge in [-0.2, -0.15) is 0 Å². The molecule has 5 nitrogen and oxygen atoms in total. The highest BCUT2D eigenvalue weighted by Crippen LogP contribution is 2.31. The van der Waals surface area contributed by atoms with Crippen LogP contribution < -0.4 is 10.6 Å². The molecule has 0 radical (unpaired) electrons. The van der Waals surface area contributed by atoms with Crippen LogP contribution in [0.3, 0.4) is 0 Å². The summed E-state index contributed by atoms with van der Waals surface area (Å²) in [6.07, 6.45) is 3.89. The Balaban J connectivity index is 1.51. The minimum Gasteiger partial charge on any atom is -0.393 e. The van der Waals surface area contributed by atoms with Gasteiger partial charge in [0.05, 0.1) is 6.10 Å². The van der Waals surface area contributed by atoms with E-state index in [1.165, 1.54) is 6.07 Å². The van der Waals surface area contributed by atoms with Gasteiger partial charge >= 0.3 is 6.03 Å². The molecule has 2 aromatic rings. The highest BCUT2D eigenvalue weighted by atomic mass is 19.1. The Labute approximate surface area is 152 Å². The van der Waals surface area contributed by atoms with Gasteiger partial charge in [-0.05, 0) is 48.9 Å². The molecule has 1 fully saturated rings. The number of urea groups is 1. The lowest BCUT2D eigenvalue weighted by molar-refractivity contribution is 0.0261. The summed E-state index contributed by atoms with van der Waals surface area (Å²) in [5.41, 5.74) is 1.49. The molecule has 1 aliphatic carbocycles. The van der Waals surface area contributed by atoms with E-state index in [9.17, 15) is 14.3 Å². The Morgan fingerprint density at radius 3 is 2.69 bits per heavy atom. The van der Waals surface area contributed by atoms with Crippen LogP contribution in [0, 0.1) is 11.7 Å². The Morgan fingerprint density at radius 2 is 2.00 bits per heavy atom. The van der Waals surface area contributed by atoms with E-state index in [-0.39, 0.29) is 29.9 Å². The van der Waals surface area contributed by atoms with Crippen molar-refractivity contribution in [2.75, 3.05) is 6.54 Å². The average Bonchev–Trinajstić information content (AvgIpc) is 2.61. The summed E-state index contributed by atoms with van der Waals surface area (Å²) >= 11 is 0. The van der Waals surface area contributed by atoms with Gasteiger partial charge in [-0.3, -0.25) is 4.98 Å². The van der Waals surface area contributed by atoms with Crippen LogP contribution in [0.5, 0.6) is 0 Å². The number of nitrogens with one attached hydrogen (secondary N) is 2. The van der Waals surface area contributed by atoms with Crippen LogP contribution in [-0.4, -0.2) is 34.8 Å². The molecule has 2 amide bonds. The van der Waals surface area contributed by atoms with Crippen LogP contribution in [0.15, 0.2) is 48.7 Å². The summed E-state index contributed by atoms with van der Waals surface area (Å²) in [6, 6.07) is 11.9. The molecule has 0 spiro atoms. The molecule has 138 valence electrons. The third-order valence-corrected chi connectivity index (χ3v) is 4.83. The number of benzene rings is 1. The minimum absolute atomic E-state index is 0.0817. The third-order valence-electron chi connectivity index (χ3n) is 4.83. The molecule has 3 N–H and O–H groups in total. The number of aromatic nitrogens is 1. The van der Waals surface area contributed by atoms with E-state index in [4.69, 9.17) is 0 Å². The third kappa shape index (κ3) is 5.02. The first-order valence-corrected chi connectivity index (χ1v) is 8.97. The minimum atomic E-state index is -0.280. The molecule has 1 aromatic carbocycles. The second kappa shape index (κ2) is 8.76. The lowest BCUT2D eigenvalue weighted by Crippen LogP contribution is -2.51. The van der Waals surface area contributed by atoms with Gasteiger partial charge in [-0.25, -0.2) is 9.18 Å². The maximum Gasteiger partial charge on any atom is 0.315 e. The standard InChI is InChI=1S/C20H24FN3O2/c21-18-7-2-1-5-14(18)8-10-23-20(26)24-19(15-11-17(25)12-15)13-16-6-3-4-9-22-16/h1-7,9,15,17,19,25H,8,10-13H2,(H2,23,24,26). The van der Waals surface area contributed by atoms with Crippen molar-refractivity contribution >= 4 is 6.03 Å². The molecule has 1 aliphatic rings. The normalized spacial score (nSPS) is 20.1. The predicted octanol–water partition coefficient (Wildman–Crippen LogP) is 2.44. The average molecular weight is 357 g/mol. The number of hydrogen-bond acceptors (Lipinski definition) is 3. The van der Waals surface area contributed by atoms with Gasteiger partial charge in [0.15, 0.2) is 0 Å². The summed E-state index contributed by atoms with van der Waals surface area (Å²) in [4.78, 5) is 16.6. The number of carbonyl (C=O) groups excluding carboxylic acids is 1. The molecule has 6 heteroatoms. The van der Waals surface area contributed by atoms with Crippen molar-refractivity contribution in [2.24, 2.45) is 5.92 Å². The molecule has 26 heavy (non-hydrogen) atoms. The van der Waals surface area contributed by atoms with E-state index >= 15 is 0 Å². The molecule has 1 aromatic heterocycles. The van der Waals surface area contributed by atoms with Crippen molar-refractivity contribution in [3.63, 3.8) is 0 Å². The Morgan fingerprint density at radius 1 is 1.23 bits per heavy atom. The van der Waals surface area contributed by atoms with Crippen molar-refractivity contribution in [1.82, 2.24) is 15.6 Å². The quantitative estimate of drug-likeness (QED) is 0.713. The van der Waals surface area contributed by atoms with Gasteiger partial charge in [0.25, 0.3) is 0 Å². The highest BCUT2D eigenvalue weighted by molar-refractivity contribution is 5.74. The number of rotatable bonds is 7. The molecule has 0 saturated heterocycles. The lowest BCUT2D eigenvalue weighted by Gasteiger charge is -2.38. The maximum absolute atomic E-state index is 13.6. The van der Waals surface area contributed by atoms with E-state index in [2.05, 4.69) is 15.6 Å². The van der Waals surface area contributed by atoms with Gasteiger partial charge in [0.2, 0.25) is 0 Å². The fourth-order valence-electron chi connectivity index (χ4n) is 3.27. The Kier molecular flexibility index (Phi) is 6.17. The predicted molar refractivity (Wildman–Crippen MR) is 97.1 cm³/mol. The monoisotopic (exact) mass is 357 g/mol. The number of aliphatic hydroxyl groups is 1. The van der Waals surface area contributed by atoms with Crippen molar-refractivity contribution < 1.29 is 14.3 Å². The molecule has 1 saturated carbocycles. The number of amides is 2. The number of carbonyl (C=O) groups is 1. The maximum atomic E-state index is 13.6. The number of halogens is 1. The van der Waals surface area contributed by atoms with Crippen molar-refractivity contribution in [1.29, 1.82) is 0 Å². The first-order chi connectivity index (χ1) is 12.6. The second-order valence-corrected chi connectivity index (χ2v) is 6.76. The summed E-state index contributed by atoms with van der Waals surface area (Å²) in [7, 11) is 0. The smallest absolute Gasteiger partial charge is 0.315 e. The number of aliphatic hydroxyl groups excluding tert-OH is 1. The SMILES string of the molecule is O=C(NCCc1ccccc1F)NC(Cc1ccccn1)C1CC(O)C1. The van der Waals surface area contributed by atoms with Crippen LogP contribution in [0.1, 0.15) is 24.1 Å². The summed E-state index contributed by atoms with van der Waals surface area (Å²) < 4.78 is 13.6. The summed E-state index contributed by atoms with van der Waals surface area (Å²) in [5.74, 6) is -0.0180. The van der Waals surface area contributed by atoms with E-state index < -0.39 is 0 Å². The van der Waals surface area contributed by atoms with Crippen molar-refractivity contribution in [3.8, 4) is 0 Å². The fraction of sp³-hybridized carbons (Fsp3) is 0.400. The molecular weight excluding hydrogens is 333 g/mol. The lowest BCUT2D eigenvalue weighted by atomic mass is 9.76. The van der Waals surface area contributed by atoms with Crippen LogP contribution in [-0.2, 0) is 12.8 Å². The van der Waals surface area contributed by atoms with Gasteiger partial charge in [-0.1, -0.05) is 24.3 Å². The zero-order valence-electron chi connectivity index (χ0n) is 14.6. The fourth-order valence-corrected chi connectivity index (χ4v) is 3.27. The van der Waals surface area contributed by atoms with Crippen LogP contribution >= 0.6 is 0 Å². The molecule has 0 bridgehead atoms. The summed E-state index contributed by atoms with van der Waals surface area (Å²) in [5, 5.41) is 15.4. The molecule has 0 aliphatic heterocycles. The van der Waals surface area contributed by atoms with Gasteiger partial charge in [0, 0.05) is 30.9 Å². The van der Waals surface area contributed by atoms with Crippen LogP contribution in [0.4, 0.5) is 9.18 Å². The van der Waals surface area contributed by atoms with Crippen LogP contribution in [0.25, 0.3) is 0 Å². The Hall–Kier alpha value is -2.47. The second-order valence-electron chi connectivity index (χ2n) is 6.76. The van der Waals surface area contributed by atoms with E-state index in [0.717, 1.165) is 5.69 Å². The zero-order chi connectivity index (χ0) is 18.4. The zero-order valence-corrected chi connectivity index (χ0v) is 14.6. The Bertz CT molecular complexity index is 720. The number of hydrogen-bond donors (Lipinski definition) is 3. The molecule has 1 atom stereocenters. The van der Waals surface area contributed by atoms with E-state index in [1.54, 1.807) is 24.4 Å². The molecule has 3 rings (SSSR count). The van der Waals surface area contributed by atoms with E-state index in [1.807, 2.05) is 18.2 Å². The first kappa shape index (κ1) is 18.3. The van der Waals surface area contributed by atoms with Gasteiger partial charge in [0.1, 0.15) is 5.82 Å². The molecule has 1 unspecified atom stereocenters. The van der Waals surface area contributed by atoms with Gasteiger partial charge in [-0.15, -0.1) is 0 Å². The topological polar surface area (TPSA) is 74.2 Å². The first-order valence-electron chi connectivity index (χ1n) is 8.97. The largest absolute Gasteiger partial charge is 0.393 e. The number of pyridine rings is 1. The molecular formula is C20H24FN3O2. The molecule has 1 heterocycles. The van der Waals surface area contributed by atoms with Gasteiger partial charge < -0.3 is 15.7 Å². The highest BCUT2D eigenvalue weighted by Gasteiger charge is 2.35. The van der Waals surface area contributed by atoms with E-state index in [0.29, 0.717) is 37.8 Å². The van der Waals surface area contributed by atoms with Crippen molar-refractivity contribution in [3.05, 3.63) is 65.7 Å². The van der Waals surface area contributed by atoms with Crippen LogP contribution in [0.2, 0.25) is 0 Å².